The van der Waals surface area contributed by atoms with Gasteiger partial charge in [0.25, 0.3) is 5.91 Å². The van der Waals surface area contributed by atoms with Crippen molar-refractivity contribution in [3.05, 3.63) is 41.1 Å². The molecule has 6 nitrogen and oxygen atoms in total. The van der Waals surface area contributed by atoms with Crippen LogP contribution in [0.15, 0.2) is 22.6 Å². The Morgan fingerprint density at radius 3 is 2.67 bits per heavy atom. The molecule has 126 valence electrons. The summed E-state index contributed by atoms with van der Waals surface area (Å²) in [6.07, 6.45) is 0. The molecule has 1 N–H and O–H groups in total. The summed E-state index contributed by atoms with van der Waals surface area (Å²) in [4.78, 5) is 14.1. The van der Waals surface area contributed by atoms with Crippen molar-refractivity contribution < 1.29 is 14.3 Å². The molecule has 0 aromatic carbocycles. The largest absolute Gasteiger partial charge is 0.443 e. The molecular formula is C18H21N3O3. The monoisotopic (exact) mass is 327 g/mol. The number of likely N-dealkylation sites (tertiary alicyclic amines) is 1. The second-order valence-corrected chi connectivity index (χ2v) is 6.71. The van der Waals surface area contributed by atoms with Crippen LogP contribution in [0.3, 0.4) is 0 Å². The number of amides is 1. The molecule has 3 rings (SSSR count). The zero-order valence-corrected chi connectivity index (χ0v) is 14.3. The highest BCUT2D eigenvalue weighted by Gasteiger charge is 2.34. The molecule has 1 amide bonds. The quantitative estimate of drug-likeness (QED) is 0.855. The number of nitrogens with zero attached hydrogens (tertiary/aromatic N) is 3. The van der Waals surface area contributed by atoms with Gasteiger partial charge in [0.15, 0.2) is 11.5 Å². The van der Waals surface area contributed by atoms with E-state index in [2.05, 4.69) is 16.9 Å². The highest BCUT2D eigenvalue weighted by Crippen LogP contribution is 2.25. The fraction of sp³-hybridized carbons (Fsp3) is 0.444. The van der Waals surface area contributed by atoms with Crippen LogP contribution in [0, 0.1) is 25.7 Å². The molecule has 0 aliphatic carbocycles. The van der Waals surface area contributed by atoms with Crippen molar-refractivity contribution in [1.29, 1.82) is 0 Å². The van der Waals surface area contributed by atoms with Gasteiger partial charge in [-0.1, -0.05) is 5.92 Å². The van der Waals surface area contributed by atoms with Crippen molar-refractivity contribution in [1.82, 2.24) is 14.7 Å². The molecule has 2 aromatic heterocycles. The van der Waals surface area contributed by atoms with Gasteiger partial charge in [0.1, 0.15) is 5.60 Å². The molecule has 0 unspecified atom stereocenters. The highest BCUT2D eigenvalue weighted by molar-refractivity contribution is 5.92. The Morgan fingerprint density at radius 2 is 2.08 bits per heavy atom. The maximum absolute atomic E-state index is 12.4. The van der Waals surface area contributed by atoms with Crippen LogP contribution in [0.1, 0.15) is 47.6 Å². The van der Waals surface area contributed by atoms with Crippen LogP contribution in [0.5, 0.6) is 0 Å². The number of aromatic nitrogens is 2. The number of hydrogen-bond donors (Lipinski definition) is 1. The first kappa shape index (κ1) is 16.3. The van der Waals surface area contributed by atoms with Crippen LogP contribution in [0.2, 0.25) is 0 Å². The van der Waals surface area contributed by atoms with Crippen molar-refractivity contribution in [2.75, 3.05) is 13.1 Å². The van der Waals surface area contributed by atoms with E-state index in [-0.39, 0.29) is 17.7 Å². The molecular weight excluding hydrogens is 306 g/mol. The van der Waals surface area contributed by atoms with E-state index >= 15 is 0 Å². The van der Waals surface area contributed by atoms with Gasteiger partial charge >= 0.3 is 0 Å². The minimum atomic E-state index is -1.10. The van der Waals surface area contributed by atoms with Gasteiger partial charge < -0.3 is 14.4 Å². The van der Waals surface area contributed by atoms with E-state index in [1.165, 1.54) is 0 Å². The minimum Gasteiger partial charge on any atom is -0.443 e. The average Bonchev–Trinajstić information content (AvgIpc) is 3.01. The Kier molecular flexibility index (Phi) is 3.98. The smallest absolute Gasteiger partial charge is 0.289 e. The Bertz CT molecular complexity index is 824. The third-order valence-electron chi connectivity index (χ3n) is 3.85. The summed E-state index contributed by atoms with van der Waals surface area (Å²) < 4.78 is 7.44. The lowest BCUT2D eigenvalue weighted by molar-refractivity contribution is 0.0465. The fourth-order valence-electron chi connectivity index (χ4n) is 2.68. The maximum atomic E-state index is 12.4. The lowest BCUT2D eigenvalue weighted by Gasteiger charge is -2.39. The Hall–Kier alpha value is -2.52. The molecule has 0 radical (unpaired) electrons. The van der Waals surface area contributed by atoms with Crippen LogP contribution in [-0.2, 0) is 0 Å². The molecule has 0 saturated carbocycles. The van der Waals surface area contributed by atoms with Gasteiger partial charge in [-0.3, -0.25) is 9.48 Å². The van der Waals surface area contributed by atoms with E-state index in [0.29, 0.717) is 18.8 Å². The van der Waals surface area contributed by atoms with E-state index in [1.54, 1.807) is 30.9 Å². The van der Waals surface area contributed by atoms with Crippen LogP contribution in [0.4, 0.5) is 0 Å². The van der Waals surface area contributed by atoms with Crippen LogP contribution < -0.4 is 0 Å². The van der Waals surface area contributed by atoms with Gasteiger partial charge in [-0.2, -0.15) is 5.10 Å². The molecule has 6 heteroatoms. The van der Waals surface area contributed by atoms with E-state index < -0.39 is 5.60 Å². The minimum absolute atomic E-state index is 0.149. The number of rotatable bonds is 2. The first-order valence-electron chi connectivity index (χ1n) is 7.90. The molecule has 1 aliphatic heterocycles. The summed E-state index contributed by atoms with van der Waals surface area (Å²) in [6.45, 7) is 8.40. The first-order chi connectivity index (χ1) is 11.2. The van der Waals surface area contributed by atoms with Gasteiger partial charge in [-0.25, -0.2) is 0 Å². The zero-order chi connectivity index (χ0) is 17.5. The Balaban J connectivity index is 1.63. The van der Waals surface area contributed by atoms with Gasteiger partial charge in [0.2, 0.25) is 0 Å². The number of carbonyl (C=O) groups is 1. The van der Waals surface area contributed by atoms with Gasteiger partial charge in [-0.15, -0.1) is 0 Å². The first-order valence-corrected chi connectivity index (χ1v) is 7.90. The zero-order valence-electron chi connectivity index (χ0n) is 14.3. The van der Waals surface area contributed by atoms with Crippen molar-refractivity contribution in [3.8, 4) is 11.8 Å². The molecule has 2 aromatic rings. The average molecular weight is 327 g/mol. The molecule has 0 bridgehead atoms. The number of furan rings is 1. The highest BCUT2D eigenvalue weighted by atomic mass is 16.4. The van der Waals surface area contributed by atoms with E-state index in [0.717, 1.165) is 11.4 Å². The number of hydrogen-bond acceptors (Lipinski definition) is 4. The van der Waals surface area contributed by atoms with Gasteiger partial charge in [0.05, 0.1) is 11.7 Å². The van der Waals surface area contributed by atoms with Crippen LogP contribution in [-0.4, -0.2) is 44.4 Å². The summed E-state index contributed by atoms with van der Waals surface area (Å²) in [5.74, 6) is 5.88. The standard InChI is InChI=1S/C18H21N3O3/c1-12-9-13(2)21(19-12)14-10-20(11-14)17(22)16-6-5-15(24-16)7-8-18(3,4)23/h5-6,9,14,23H,10-11H2,1-4H3. The van der Waals surface area contributed by atoms with Crippen molar-refractivity contribution in [2.24, 2.45) is 0 Å². The van der Waals surface area contributed by atoms with Crippen LogP contribution >= 0.6 is 0 Å². The number of carbonyl (C=O) groups excluding carboxylic acids is 1. The maximum Gasteiger partial charge on any atom is 0.289 e. The lowest BCUT2D eigenvalue weighted by atomic mass is 10.1. The lowest BCUT2D eigenvalue weighted by Crippen LogP contribution is -2.51. The second kappa shape index (κ2) is 5.84. The van der Waals surface area contributed by atoms with E-state index in [4.69, 9.17) is 4.42 Å². The summed E-state index contributed by atoms with van der Waals surface area (Å²) in [7, 11) is 0. The van der Waals surface area contributed by atoms with Crippen molar-refractivity contribution in [3.63, 3.8) is 0 Å². The van der Waals surface area contributed by atoms with E-state index in [1.807, 2.05) is 24.6 Å². The number of aliphatic hydroxyl groups is 1. The van der Waals surface area contributed by atoms with Crippen LogP contribution in [0.25, 0.3) is 0 Å². The van der Waals surface area contributed by atoms with Crippen molar-refractivity contribution in [2.45, 2.75) is 39.3 Å². The topological polar surface area (TPSA) is 71.5 Å². The Morgan fingerprint density at radius 1 is 1.38 bits per heavy atom. The van der Waals surface area contributed by atoms with Gasteiger partial charge in [0, 0.05) is 18.8 Å². The molecule has 0 atom stereocenters. The fourth-order valence-corrected chi connectivity index (χ4v) is 2.68. The summed E-state index contributed by atoms with van der Waals surface area (Å²) >= 11 is 0. The molecule has 1 aliphatic rings. The van der Waals surface area contributed by atoms with Gasteiger partial charge in [-0.05, 0) is 51.8 Å². The summed E-state index contributed by atoms with van der Waals surface area (Å²) in [6, 6.07) is 5.51. The third-order valence-corrected chi connectivity index (χ3v) is 3.85. The Labute approximate surface area is 141 Å². The molecule has 24 heavy (non-hydrogen) atoms. The normalized spacial score (nSPS) is 15.0. The molecule has 1 fully saturated rings. The molecule has 0 spiro atoms. The number of aryl methyl sites for hydroxylation is 2. The van der Waals surface area contributed by atoms with E-state index in [9.17, 15) is 9.90 Å². The van der Waals surface area contributed by atoms with Crippen molar-refractivity contribution >= 4 is 5.91 Å². The second-order valence-electron chi connectivity index (χ2n) is 6.71. The molecule has 3 heterocycles. The summed E-state index contributed by atoms with van der Waals surface area (Å²) in [5.41, 5.74) is 0.992. The third kappa shape index (κ3) is 3.36. The predicted octanol–water partition coefficient (Wildman–Crippen LogP) is 1.91. The summed E-state index contributed by atoms with van der Waals surface area (Å²) in [5, 5.41) is 14.1. The SMILES string of the molecule is Cc1cc(C)n(C2CN(C(=O)c3ccc(C#CC(C)(C)O)o3)C2)n1. The predicted molar refractivity (Wildman–Crippen MR) is 88.5 cm³/mol. The molecule has 1 saturated heterocycles.